The summed E-state index contributed by atoms with van der Waals surface area (Å²) in [4.78, 5) is 14.3. The van der Waals surface area contributed by atoms with E-state index in [4.69, 9.17) is 4.74 Å². The number of amides is 1. The van der Waals surface area contributed by atoms with Gasteiger partial charge in [-0.25, -0.2) is 0 Å². The first-order valence-electron chi connectivity index (χ1n) is 7.22. The first kappa shape index (κ1) is 16.4. The van der Waals surface area contributed by atoms with Gasteiger partial charge in [-0.15, -0.1) is 0 Å². The molecule has 1 saturated heterocycles. The Morgan fingerprint density at radius 2 is 2.19 bits per heavy atom. The molecule has 0 aromatic heterocycles. The molecule has 1 aromatic rings. The van der Waals surface area contributed by atoms with Gasteiger partial charge in [0.2, 0.25) is 5.91 Å². The van der Waals surface area contributed by atoms with Crippen LogP contribution in [0.1, 0.15) is 6.92 Å². The number of hydrogen-bond donors (Lipinski definition) is 2. The van der Waals surface area contributed by atoms with E-state index in [9.17, 15) is 4.79 Å². The molecule has 1 atom stereocenters. The lowest BCUT2D eigenvalue weighted by Gasteiger charge is -2.29. The number of hydrogen-bond acceptors (Lipinski definition) is 4. The number of nitrogens with one attached hydrogen (secondary N) is 2. The molecule has 0 aliphatic carbocycles. The van der Waals surface area contributed by atoms with Crippen LogP contribution in [0.4, 0.5) is 5.69 Å². The summed E-state index contributed by atoms with van der Waals surface area (Å²) in [5.41, 5.74) is 0.803. The summed E-state index contributed by atoms with van der Waals surface area (Å²) in [6, 6.07) is 7.86. The third-order valence-corrected chi connectivity index (χ3v) is 3.85. The lowest BCUT2D eigenvalue weighted by Crippen LogP contribution is -2.46. The third kappa shape index (κ3) is 6.13. The third-order valence-electron chi connectivity index (χ3n) is 3.36. The average molecular weight is 356 g/mol. The first-order valence-corrected chi connectivity index (χ1v) is 8.01. The molecular formula is C15H22BrN3O2. The lowest BCUT2D eigenvalue weighted by atomic mass is 10.2. The van der Waals surface area contributed by atoms with Gasteiger partial charge in [0.1, 0.15) is 0 Å². The zero-order chi connectivity index (χ0) is 15.1. The molecule has 1 unspecified atom stereocenters. The number of ether oxygens (including phenoxy) is 1. The zero-order valence-electron chi connectivity index (χ0n) is 12.3. The van der Waals surface area contributed by atoms with Gasteiger partial charge in [0.15, 0.2) is 0 Å². The van der Waals surface area contributed by atoms with Gasteiger partial charge in [0.25, 0.3) is 0 Å². The Labute approximate surface area is 134 Å². The second-order valence-corrected chi connectivity index (χ2v) is 6.17. The van der Waals surface area contributed by atoms with Crippen LogP contribution in [0, 0.1) is 0 Å². The van der Waals surface area contributed by atoms with E-state index in [2.05, 4.69) is 38.4 Å². The maximum Gasteiger partial charge on any atom is 0.238 e. The largest absolute Gasteiger partial charge is 0.379 e. The predicted molar refractivity (Wildman–Crippen MR) is 87.5 cm³/mol. The zero-order valence-corrected chi connectivity index (χ0v) is 13.9. The molecule has 1 aliphatic heterocycles. The molecule has 1 heterocycles. The van der Waals surface area contributed by atoms with Crippen molar-refractivity contribution in [2.45, 2.75) is 13.0 Å². The van der Waals surface area contributed by atoms with Crippen molar-refractivity contribution in [3.63, 3.8) is 0 Å². The molecule has 5 nitrogen and oxygen atoms in total. The summed E-state index contributed by atoms with van der Waals surface area (Å²) in [6.45, 7) is 6.89. The maximum absolute atomic E-state index is 11.9. The molecule has 21 heavy (non-hydrogen) atoms. The number of carbonyl (C=O) groups is 1. The highest BCUT2D eigenvalue weighted by Gasteiger charge is 2.14. The number of rotatable bonds is 6. The lowest BCUT2D eigenvalue weighted by molar-refractivity contribution is -0.115. The number of benzene rings is 1. The van der Waals surface area contributed by atoms with Crippen LogP contribution in [0.3, 0.4) is 0 Å². The van der Waals surface area contributed by atoms with E-state index in [0.717, 1.165) is 43.0 Å². The maximum atomic E-state index is 11.9. The molecular weight excluding hydrogens is 334 g/mol. The molecule has 0 spiro atoms. The molecule has 1 amide bonds. The smallest absolute Gasteiger partial charge is 0.238 e. The van der Waals surface area contributed by atoms with E-state index in [1.807, 2.05) is 24.3 Å². The van der Waals surface area contributed by atoms with Crippen LogP contribution in [0.15, 0.2) is 28.7 Å². The second kappa shape index (κ2) is 8.48. The molecule has 2 N–H and O–H groups in total. The molecule has 6 heteroatoms. The van der Waals surface area contributed by atoms with E-state index in [1.54, 1.807) is 0 Å². The van der Waals surface area contributed by atoms with Gasteiger partial charge in [-0.2, -0.15) is 0 Å². The van der Waals surface area contributed by atoms with Gasteiger partial charge in [0.05, 0.1) is 19.8 Å². The summed E-state index contributed by atoms with van der Waals surface area (Å²) in [6.07, 6.45) is 0. The Morgan fingerprint density at radius 1 is 1.43 bits per heavy atom. The normalized spacial score (nSPS) is 17.4. The molecule has 0 bridgehead atoms. The van der Waals surface area contributed by atoms with Gasteiger partial charge in [-0.05, 0) is 25.1 Å². The van der Waals surface area contributed by atoms with Crippen molar-refractivity contribution in [3.8, 4) is 0 Å². The summed E-state index contributed by atoms with van der Waals surface area (Å²) < 4.78 is 6.28. The van der Waals surface area contributed by atoms with E-state index in [1.165, 1.54) is 0 Å². The SMILES string of the molecule is CC(CN1CCOCC1)NCC(=O)Nc1cccc(Br)c1. The monoisotopic (exact) mass is 355 g/mol. The highest BCUT2D eigenvalue weighted by Crippen LogP contribution is 2.15. The molecule has 1 aliphatic rings. The minimum absolute atomic E-state index is 0.0260. The predicted octanol–water partition coefficient (Wildman–Crippen LogP) is 1.70. The molecule has 2 rings (SSSR count). The van der Waals surface area contributed by atoms with E-state index in [-0.39, 0.29) is 11.9 Å². The fourth-order valence-corrected chi connectivity index (χ4v) is 2.67. The van der Waals surface area contributed by atoms with Crippen LogP contribution in [0.2, 0.25) is 0 Å². The number of morpholine rings is 1. The summed E-state index contributed by atoms with van der Waals surface area (Å²) in [5, 5.41) is 6.14. The van der Waals surface area contributed by atoms with Crippen LogP contribution in [-0.2, 0) is 9.53 Å². The molecule has 0 saturated carbocycles. The topological polar surface area (TPSA) is 53.6 Å². The summed E-state index contributed by atoms with van der Waals surface area (Å²) in [7, 11) is 0. The van der Waals surface area contributed by atoms with Gasteiger partial charge >= 0.3 is 0 Å². The number of anilines is 1. The number of nitrogens with zero attached hydrogens (tertiary/aromatic N) is 1. The van der Waals surface area contributed by atoms with Gasteiger partial charge < -0.3 is 15.4 Å². The van der Waals surface area contributed by atoms with Crippen LogP contribution in [-0.4, -0.2) is 56.2 Å². The highest BCUT2D eigenvalue weighted by atomic mass is 79.9. The minimum Gasteiger partial charge on any atom is -0.379 e. The van der Waals surface area contributed by atoms with Gasteiger partial charge in [0, 0.05) is 35.8 Å². The average Bonchev–Trinajstić information content (AvgIpc) is 2.46. The fraction of sp³-hybridized carbons (Fsp3) is 0.533. The van der Waals surface area contributed by atoms with E-state index >= 15 is 0 Å². The Morgan fingerprint density at radius 3 is 2.90 bits per heavy atom. The van der Waals surface area contributed by atoms with Crippen molar-refractivity contribution >= 4 is 27.5 Å². The van der Waals surface area contributed by atoms with Crippen molar-refractivity contribution < 1.29 is 9.53 Å². The summed E-state index contributed by atoms with van der Waals surface area (Å²) in [5.74, 6) is -0.0260. The van der Waals surface area contributed by atoms with Crippen LogP contribution in [0.5, 0.6) is 0 Å². The van der Waals surface area contributed by atoms with Gasteiger partial charge in [-0.1, -0.05) is 22.0 Å². The molecule has 1 fully saturated rings. The Hall–Kier alpha value is -0.950. The number of carbonyl (C=O) groups excluding carboxylic acids is 1. The van der Waals surface area contributed by atoms with Crippen LogP contribution >= 0.6 is 15.9 Å². The molecule has 116 valence electrons. The van der Waals surface area contributed by atoms with Crippen molar-refractivity contribution in [2.75, 3.05) is 44.7 Å². The minimum atomic E-state index is -0.0260. The van der Waals surface area contributed by atoms with Crippen molar-refractivity contribution in [1.82, 2.24) is 10.2 Å². The second-order valence-electron chi connectivity index (χ2n) is 5.25. The molecule has 0 radical (unpaired) electrons. The summed E-state index contributed by atoms with van der Waals surface area (Å²) >= 11 is 3.39. The fourth-order valence-electron chi connectivity index (χ4n) is 2.27. The van der Waals surface area contributed by atoms with Crippen molar-refractivity contribution in [3.05, 3.63) is 28.7 Å². The van der Waals surface area contributed by atoms with Crippen LogP contribution in [0.25, 0.3) is 0 Å². The van der Waals surface area contributed by atoms with Crippen LogP contribution < -0.4 is 10.6 Å². The Bertz CT molecular complexity index is 464. The van der Waals surface area contributed by atoms with Crippen molar-refractivity contribution in [2.24, 2.45) is 0 Å². The van der Waals surface area contributed by atoms with E-state index in [0.29, 0.717) is 6.54 Å². The van der Waals surface area contributed by atoms with Gasteiger partial charge in [-0.3, -0.25) is 9.69 Å². The Kier molecular flexibility index (Phi) is 6.63. The first-order chi connectivity index (χ1) is 10.1. The quantitative estimate of drug-likeness (QED) is 0.815. The molecule has 1 aromatic carbocycles. The highest BCUT2D eigenvalue weighted by molar-refractivity contribution is 9.10. The standard InChI is InChI=1S/C15H22BrN3O2/c1-12(11-19-5-7-21-8-6-19)17-10-15(20)18-14-4-2-3-13(16)9-14/h2-4,9,12,17H,5-8,10-11H2,1H3,(H,18,20). The Balaban J connectivity index is 1.68. The number of halogens is 1. The van der Waals surface area contributed by atoms with Crippen molar-refractivity contribution in [1.29, 1.82) is 0 Å². The van der Waals surface area contributed by atoms with E-state index < -0.39 is 0 Å².